The molecule has 0 spiro atoms. The molecule has 0 bridgehead atoms. The van der Waals surface area contributed by atoms with E-state index in [0.717, 1.165) is 38.5 Å². The van der Waals surface area contributed by atoms with E-state index in [9.17, 15) is 34.8 Å². The number of carbonyl (C=O) groups is 3. The molecule has 0 rings (SSSR count). The molecular formula is C30H54CaN4O8. The predicted molar refractivity (Wildman–Crippen MR) is 166 cm³/mol. The van der Waals surface area contributed by atoms with Crippen molar-refractivity contribution >= 4 is 61.5 Å². The Morgan fingerprint density at radius 2 is 1.30 bits per heavy atom. The summed E-state index contributed by atoms with van der Waals surface area (Å²) in [4.78, 5) is 40.4. The fourth-order valence-electron chi connectivity index (χ4n) is 3.53. The van der Waals surface area contributed by atoms with E-state index in [0.29, 0.717) is 12.8 Å². The molecule has 0 aromatic rings. The van der Waals surface area contributed by atoms with Gasteiger partial charge in [-0.3, -0.25) is 24.4 Å². The maximum absolute atomic E-state index is 11.7. The number of hydrogen-bond acceptors (Lipinski definition) is 10. The Balaban J connectivity index is -0.000000727. The summed E-state index contributed by atoms with van der Waals surface area (Å²) in [6, 6.07) is -1.66. The van der Waals surface area contributed by atoms with Gasteiger partial charge in [0.1, 0.15) is 6.04 Å². The summed E-state index contributed by atoms with van der Waals surface area (Å²) in [5, 5.41) is 52.9. The van der Waals surface area contributed by atoms with Gasteiger partial charge < -0.3 is 35.6 Å². The molecule has 244 valence electrons. The van der Waals surface area contributed by atoms with Crippen molar-refractivity contribution in [2.75, 3.05) is 26.4 Å². The van der Waals surface area contributed by atoms with Gasteiger partial charge in [0.05, 0.1) is 31.5 Å². The van der Waals surface area contributed by atoms with Crippen LogP contribution >= 0.6 is 0 Å². The minimum Gasteiger partial charge on any atom is -0.862 e. The Labute approximate surface area is 287 Å². The number of amides is 1. The Bertz CT molecular complexity index is 837. The van der Waals surface area contributed by atoms with Crippen LogP contribution in [0, 0.1) is 0 Å². The number of unbranched alkanes of at least 4 members (excludes halogenated alkanes) is 2. The second-order valence-electron chi connectivity index (χ2n) is 10.2. The molecule has 1 amide bonds. The standard InChI is InChI=1S/2C15H28N2O4.Ca/c2*1-4-5-6-7-8-9-14(19)16-11-17(10-12(2)18)13(3)15(20)21;/h2*5-6,12-13,18H,4,7-11H2,1-3H3,(H,16,19)(H,20,21);/q;;+2/p-2/b2*6-5+;. The Hall–Kier alpha value is -1.54. The minimum absolute atomic E-state index is 0. The van der Waals surface area contributed by atoms with Crippen LogP contribution in [0.2, 0.25) is 0 Å². The fourth-order valence-corrected chi connectivity index (χ4v) is 3.53. The number of aliphatic carboxylic acids is 2. The smallest absolute Gasteiger partial charge is 0.862 e. The second kappa shape index (κ2) is 29.2. The zero-order valence-electron chi connectivity index (χ0n) is 27.0. The third-order valence-corrected chi connectivity index (χ3v) is 6.04. The van der Waals surface area contributed by atoms with Crippen LogP contribution < -0.4 is 15.5 Å². The van der Waals surface area contributed by atoms with Gasteiger partial charge in [0, 0.05) is 25.6 Å². The van der Waals surface area contributed by atoms with Crippen molar-refractivity contribution in [1.82, 2.24) is 15.1 Å². The fraction of sp³-hybridized carbons (Fsp3) is 0.733. The van der Waals surface area contributed by atoms with Crippen molar-refractivity contribution in [3.05, 3.63) is 24.3 Å². The predicted octanol–water partition coefficient (Wildman–Crippen LogP) is 0.632. The van der Waals surface area contributed by atoms with Crippen molar-refractivity contribution in [3.63, 3.8) is 0 Å². The number of aliphatic hydroxyl groups excluding tert-OH is 2. The first-order valence-electron chi connectivity index (χ1n) is 14.8. The van der Waals surface area contributed by atoms with Crippen LogP contribution in [-0.4, -0.2) is 137 Å². The first kappa shape index (κ1) is 45.9. The molecule has 4 unspecified atom stereocenters. The number of nitrogens with zero attached hydrogens (tertiary/aromatic N) is 3. The first-order chi connectivity index (χ1) is 19.8. The number of rotatable bonds is 22. The number of aliphatic hydroxyl groups is 2. The number of hydrogen-bond donors (Lipinski definition) is 4. The van der Waals surface area contributed by atoms with E-state index in [2.05, 4.69) is 29.4 Å². The third kappa shape index (κ3) is 27.7. The van der Waals surface area contributed by atoms with Gasteiger partial charge in [-0.2, -0.15) is 0 Å². The second-order valence-corrected chi connectivity index (χ2v) is 10.2. The van der Waals surface area contributed by atoms with Gasteiger partial charge in [-0.05, 0) is 78.5 Å². The number of allylic oxidation sites excluding steroid dienone is 4. The molecule has 0 heterocycles. The summed E-state index contributed by atoms with van der Waals surface area (Å²) in [6.07, 6.45) is 12.8. The summed E-state index contributed by atoms with van der Waals surface area (Å²) in [6.45, 7) is 10.7. The molecule has 0 saturated heterocycles. The van der Waals surface area contributed by atoms with Crippen LogP contribution in [0.3, 0.4) is 0 Å². The van der Waals surface area contributed by atoms with Gasteiger partial charge in [0.15, 0.2) is 0 Å². The van der Waals surface area contributed by atoms with Gasteiger partial charge in [-0.25, -0.2) is 0 Å². The summed E-state index contributed by atoms with van der Waals surface area (Å²) < 4.78 is 0. The third-order valence-electron chi connectivity index (χ3n) is 6.04. The average molecular weight is 639 g/mol. The van der Waals surface area contributed by atoms with Crippen LogP contribution in [0.4, 0.5) is 0 Å². The quantitative estimate of drug-likeness (QED) is 0.0327. The topological polar surface area (TPSA) is 189 Å². The van der Waals surface area contributed by atoms with Crippen LogP contribution in [0.25, 0.3) is 0 Å². The molecule has 0 aliphatic carbocycles. The summed E-state index contributed by atoms with van der Waals surface area (Å²) in [5.41, 5.74) is 0. The molecule has 43 heavy (non-hydrogen) atoms. The molecule has 4 atom stereocenters. The van der Waals surface area contributed by atoms with Crippen molar-refractivity contribution in [1.29, 1.82) is 0 Å². The first-order valence-corrected chi connectivity index (χ1v) is 14.8. The number of carboxylic acid groups (broad SMARTS) is 2. The number of carboxylic acids is 2. The van der Waals surface area contributed by atoms with Crippen molar-refractivity contribution in [2.45, 2.75) is 117 Å². The van der Waals surface area contributed by atoms with Gasteiger partial charge in [0.2, 0.25) is 5.91 Å². The van der Waals surface area contributed by atoms with Crippen LogP contribution in [0.5, 0.6) is 0 Å². The Morgan fingerprint density at radius 3 is 1.74 bits per heavy atom. The molecule has 0 radical (unpaired) electrons. The zero-order valence-corrected chi connectivity index (χ0v) is 29.2. The SMILES string of the molecule is CC/C=C/CCCC(=O)NCN(CC(C)O)C(C)C(=O)O.CC/C=C/CCCC([O-])=NCN(CC(C)O)C(C)C(=O)[O-].[Ca+2]. The van der Waals surface area contributed by atoms with Crippen molar-refractivity contribution in [2.24, 2.45) is 4.99 Å². The summed E-state index contributed by atoms with van der Waals surface area (Å²) in [7, 11) is 0. The van der Waals surface area contributed by atoms with Gasteiger partial charge >= 0.3 is 43.7 Å². The van der Waals surface area contributed by atoms with E-state index < -0.39 is 36.2 Å². The summed E-state index contributed by atoms with van der Waals surface area (Å²) >= 11 is 0. The van der Waals surface area contributed by atoms with Crippen molar-refractivity contribution < 1.29 is 39.9 Å². The Morgan fingerprint density at radius 1 is 0.814 bits per heavy atom. The van der Waals surface area contributed by atoms with Crippen molar-refractivity contribution in [3.8, 4) is 0 Å². The van der Waals surface area contributed by atoms with Gasteiger partial charge in [0.25, 0.3) is 0 Å². The van der Waals surface area contributed by atoms with E-state index >= 15 is 0 Å². The molecule has 0 aromatic heterocycles. The maximum atomic E-state index is 11.7. The largest absolute Gasteiger partial charge is 2.00 e. The van der Waals surface area contributed by atoms with Gasteiger partial charge in [-0.1, -0.05) is 38.2 Å². The molecule has 13 heteroatoms. The molecular weight excluding hydrogens is 584 g/mol. The molecule has 0 saturated carbocycles. The van der Waals surface area contributed by atoms with Crippen LogP contribution in [0.15, 0.2) is 29.3 Å². The molecule has 0 fully saturated rings. The number of nitrogens with one attached hydrogen (secondary N) is 1. The molecule has 0 aliphatic heterocycles. The zero-order chi connectivity index (χ0) is 32.5. The van der Waals surface area contributed by atoms with Gasteiger partial charge in [-0.15, -0.1) is 0 Å². The number of carbonyl (C=O) groups excluding carboxylic acids is 2. The van der Waals surface area contributed by atoms with Crippen LogP contribution in [0.1, 0.15) is 92.9 Å². The van der Waals surface area contributed by atoms with E-state index in [1.165, 1.54) is 23.6 Å². The summed E-state index contributed by atoms with van der Waals surface area (Å²) in [5.74, 6) is -2.58. The van der Waals surface area contributed by atoms with Crippen LogP contribution in [-0.2, 0) is 14.4 Å². The average Bonchev–Trinajstić information content (AvgIpc) is 2.92. The maximum Gasteiger partial charge on any atom is 2.00 e. The normalized spacial score (nSPS) is 14.6. The Kier molecular flexibility index (Phi) is 31.1. The monoisotopic (exact) mass is 638 g/mol. The molecule has 0 aromatic carbocycles. The van der Waals surface area contributed by atoms with E-state index in [1.807, 2.05) is 19.1 Å². The van der Waals surface area contributed by atoms with E-state index in [1.54, 1.807) is 13.8 Å². The molecule has 12 nitrogen and oxygen atoms in total. The minimum atomic E-state index is -1.25. The molecule has 0 aliphatic rings. The number of aliphatic imine (C=N–C) groups is 1. The molecule has 4 N–H and O–H groups in total. The van der Waals surface area contributed by atoms with E-state index in [-0.39, 0.29) is 76.0 Å². The van der Waals surface area contributed by atoms with E-state index in [4.69, 9.17) is 5.11 Å².